The van der Waals surface area contributed by atoms with Gasteiger partial charge in [0.15, 0.2) is 11.4 Å². The first kappa shape index (κ1) is 20.0. The molecule has 3 aliphatic heterocycles. The molecule has 0 aliphatic carbocycles. The predicted molar refractivity (Wildman–Crippen MR) is 100.0 cm³/mol. The number of carbonyl (C=O) groups is 5. The van der Waals surface area contributed by atoms with E-state index in [1.54, 1.807) is 24.3 Å². The molecule has 0 spiro atoms. The SMILES string of the molecule is CC(=O)OC(OC(C)=O)[C@@]12C=C[C@H](O1)[C@@H]1C(=O)N(c3cccc(C(C)=O)c3)C(=O)[C@H]12. The highest BCUT2D eigenvalue weighted by Crippen LogP contribution is 2.54. The van der Waals surface area contributed by atoms with E-state index in [2.05, 4.69) is 0 Å². The van der Waals surface area contributed by atoms with Gasteiger partial charge in [-0.25, -0.2) is 4.90 Å². The average Bonchev–Trinajstić information content (AvgIpc) is 3.32. The van der Waals surface area contributed by atoms with Crippen molar-refractivity contribution in [3.63, 3.8) is 0 Å². The molecule has 3 heterocycles. The van der Waals surface area contributed by atoms with E-state index < -0.39 is 53.6 Å². The number of amides is 2. The molecule has 0 N–H and O–H groups in total. The first-order valence-corrected chi connectivity index (χ1v) is 9.36. The Morgan fingerprint density at radius 1 is 1.07 bits per heavy atom. The zero-order valence-electron chi connectivity index (χ0n) is 16.5. The van der Waals surface area contributed by atoms with Gasteiger partial charge in [0.2, 0.25) is 11.8 Å². The molecule has 2 saturated heterocycles. The summed E-state index contributed by atoms with van der Waals surface area (Å²) in [6, 6.07) is 6.20. The number of rotatable bonds is 5. The van der Waals surface area contributed by atoms with E-state index in [1.165, 1.54) is 19.1 Å². The van der Waals surface area contributed by atoms with E-state index in [0.29, 0.717) is 5.56 Å². The minimum absolute atomic E-state index is 0.206. The van der Waals surface area contributed by atoms with Crippen LogP contribution in [0.3, 0.4) is 0 Å². The van der Waals surface area contributed by atoms with Crippen LogP contribution in [0.2, 0.25) is 0 Å². The van der Waals surface area contributed by atoms with Crippen LogP contribution in [0.25, 0.3) is 0 Å². The lowest BCUT2D eigenvalue weighted by Crippen LogP contribution is -2.52. The van der Waals surface area contributed by atoms with E-state index >= 15 is 0 Å². The highest BCUT2D eigenvalue weighted by Gasteiger charge is 2.72. The zero-order valence-corrected chi connectivity index (χ0v) is 16.5. The van der Waals surface area contributed by atoms with Gasteiger partial charge in [-0.1, -0.05) is 18.2 Å². The minimum atomic E-state index is -1.60. The number of nitrogens with zero attached hydrogens (tertiary/aromatic N) is 1. The maximum Gasteiger partial charge on any atom is 0.305 e. The molecule has 4 atom stereocenters. The van der Waals surface area contributed by atoms with Crippen molar-refractivity contribution in [2.45, 2.75) is 38.8 Å². The van der Waals surface area contributed by atoms with E-state index in [4.69, 9.17) is 14.2 Å². The second-order valence-electron chi connectivity index (χ2n) is 7.47. The number of hydrogen-bond donors (Lipinski definition) is 0. The molecule has 4 rings (SSSR count). The Hall–Kier alpha value is -3.33. The molecular formula is C21H19NO8. The topological polar surface area (TPSA) is 116 Å². The van der Waals surface area contributed by atoms with Crippen molar-refractivity contribution in [1.29, 1.82) is 0 Å². The minimum Gasteiger partial charge on any atom is -0.422 e. The lowest BCUT2D eigenvalue weighted by atomic mass is 9.76. The number of anilines is 1. The van der Waals surface area contributed by atoms with Crippen molar-refractivity contribution in [2.75, 3.05) is 4.90 Å². The molecule has 0 unspecified atom stereocenters. The van der Waals surface area contributed by atoms with Gasteiger partial charge in [-0.3, -0.25) is 24.0 Å². The third-order valence-corrected chi connectivity index (χ3v) is 5.50. The zero-order chi connectivity index (χ0) is 21.8. The van der Waals surface area contributed by atoms with Gasteiger partial charge < -0.3 is 14.2 Å². The summed E-state index contributed by atoms with van der Waals surface area (Å²) in [7, 11) is 0. The molecule has 156 valence electrons. The van der Waals surface area contributed by atoms with Crippen LogP contribution in [-0.4, -0.2) is 47.5 Å². The number of esters is 2. The molecule has 2 fully saturated rings. The third-order valence-electron chi connectivity index (χ3n) is 5.50. The molecule has 0 saturated carbocycles. The number of Topliss-reactive ketones (excluding diaryl/α,β-unsaturated/α-hetero) is 1. The molecule has 9 heteroatoms. The number of benzene rings is 1. The van der Waals surface area contributed by atoms with Gasteiger partial charge >= 0.3 is 11.9 Å². The Labute approximate surface area is 171 Å². The van der Waals surface area contributed by atoms with E-state index in [1.807, 2.05) is 0 Å². The average molecular weight is 413 g/mol. The normalized spacial score (nSPS) is 28.8. The molecule has 1 aromatic rings. The predicted octanol–water partition coefficient (Wildman–Crippen LogP) is 1.15. The summed E-state index contributed by atoms with van der Waals surface area (Å²) >= 11 is 0. The number of ether oxygens (including phenoxy) is 3. The van der Waals surface area contributed by atoms with Crippen LogP contribution < -0.4 is 4.90 Å². The largest absolute Gasteiger partial charge is 0.422 e. The van der Waals surface area contributed by atoms with Gasteiger partial charge in [-0.15, -0.1) is 0 Å². The summed E-state index contributed by atoms with van der Waals surface area (Å²) in [4.78, 5) is 62.5. The van der Waals surface area contributed by atoms with Gasteiger partial charge in [0.25, 0.3) is 6.29 Å². The Bertz CT molecular complexity index is 998. The van der Waals surface area contributed by atoms with Crippen LogP contribution in [-0.2, 0) is 33.4 Å². The van der Waals surface area contributed by atoms with Crippen molar-refractivity contribution < 1.29 is 38.2 Å². The van der Waals surface area contributed by atoms with Gasteiger partial charge in [0.1, 0.15) is 0 Å². The van der Waals surface area contributed by atoms with Crippen molar-refractivity contribution in [1.82, 2.24) is 0 Å². The lowest BCUT2D eigenvalue weighted by molar-refractivity contribution is -0.226. The van der Waals surface area contributed by atoms with Gasteiger partial charge in [0, 0.05) is 19.4 Å². The van der Waals surface area contributed by atoms with Crippen molar-refractivity contribution in [2.24, 2.45) is 11.8 Å². The Morgan fingerprint density at radius 2 is 1.73 bits per heavy atom. The Kier molecular flexibility index (Phi) is 4.58. The van der Waals surface area contributed by atoms with Crippen LogP contribution in [0.1, 0.15) is 31.1 Å². The number of ketones is 1. The van der Waals surface area contributed by atoms with Gasteiger partial charge in [0.05, 0.1) is 23.6 Å². The smallest absolute Gasteiger partial charge is 0.305 e. The highest BCUT2D eigenvalue weighted by atomic mass is 16.7. The van der Waals surface area contributed by atoms with Gasteiger partial charge in [-0.2, -0.15) is 0 Å². The van der Waals surface area contributed by atoms with Crippen molar-refractivity contribution >= 4 is 35.2 Å². The summed E-state index contributed by atoms with van der Waals surface area (Å²) in [5.41, 5.74) is -0.986. The fourth-order valence-electron chi connectivity index (χ4n) is 4.34. The van der Waals surface area contributed by atoms with Crippen LogP contribution in [0.5, 0.6) is 0 Å². The molecule has 9 nitrogen and oxygen atoms in total. The second-order valence-corrected chi connectivity index (χ2v) is 7.47. The Morgan fingerprint density at radius 3 is 2.33 bits per heavy atom. The van der Waals surface area contributed by atoms with Crippen LogP contribution >= 0.6 is 0 Å². The molecule has 3 aliphatic rings. The fraction of sp³-hybridized carbons (Fsp3) is 0.381. The van der Waals surface area contributed by atoms with Crippen LogP contribution in [0, 0.1) is 11.8 Å². The number of fused-ring (bicyclic) bond motifs is 5. The van der Waals surface area contributed by atoms with Crippen molar-refractivity contribution in [3.8, 4) is 0 Å². The van der Waals surface area contributed by atoms with E-state index in [9.17, 15) is 24.0 Å². The van der Waals surface area contributed by atoms with Crippen LogP contribution in [0.15, 0.2) is 36.4 Å². The van der Waals surface area contributed by atoms with Crippen LogP contribution in [0.4, 0.5) is 5.69 Å². The molecule has 30 heavy (non-hydrogen) atoms. The number of hydrogen-bond acceptors (Lipinski definition) is 8. The summed E-state index contributed by atoms with van der Waals surface area (Å²) in [6.07, 6.45) is 0.850. The first-order valence-electron chi connectivity index (χ1n) is 9.36. The highest BCUT2D eigenvalue weighted by molar-refractivity contribution is 6.23. The quantitative estimate of drug-likeness (QED) is 0.232. The number of carbonyl (C=O) groups excluding carboxylic acids is 5. The van der Waals surface area contributed by atoms with E-state index in [-0.39, 0.29) is 11.5 Å². The fourth-order valence-corrected chi connectivity index (χ4v) is 4.34. The molecule has 2 amide bonds. The number of imide groups is 1. The van der Waals surface area contributed by atoms with Gasteiger partial charge in [-0.05, 0) is 25.1 Å². The summed E-state index contributed by atoms with van der Waals surface area (Å²) in [6.45, 7) is 3.66. The molecule has 2 bridgehead atoms. The molecule has 0 radical (unpaired) electrons. The molecule has 1 aromatic carbocycles. The second kappa shape index (κ2) is 6.88. The monoisotopic (exact) mass is 413 g/mol. The first-order chi connectivity index (χ1) is 14.2. The summed E-state index contributed by atoms with van der Waals surface area (Å²) in [5, 5.41) is 0. The lowest BCUT2D eigenvalue weighted by Gasteiger charge is -2.34. The molecular weight excluding hydrogens is 394 g/mol. The third kappa shape index (κ3) is 2.85. The van der Waals surface area contributed by atoms with E-state index in [0.717, 1.165) is 18.7 Å². The summed E-state index contributed by atoms with van der Waals surface area (Å²) in [5.74, 6) is -4.66. The molecule has 0 aromatic heterocycles. The maximum atomic E-state index is 13.4. The standard InChI is InChI=1S/C21H19NO8/c1-10(23)13-5-4-6-14(9-13)22-18(26)16-15-7-8-21(30-15,17(16)19(22)27)20(28-11(2)24)29-12(3)25/h4-9,15-17,20H,1-3H3/t15-,16-,17-,21-/m0/s1. The summed E-state index contributed by atoms with van der Waals surface area (Å²) < 4.78 is 16.2. The van der Waals surface area contributed by atoms with Crippen molar-refractivity contribution in [3.05, 3.63) is 42.0 Å². The maximum absolute atomic E-state index is 13.4. The Balaban J connectivity index is 1.75.